The smallest absolute Gasteiger partial charge is 0.261 e. The molecular weight excluding hydrogens is 344 g/mol. The Morgan fingerprint density at radius 1 is 1.04 bits per heavy atom. The van der Waals surface area contributed by atoms with E-state index in [0.717, 1.165) is 10.9 Å². The van der Waals surface area contributed by atoms with E-state index in [9.17, 15) is 9.59 Å². The quantitative estimate of drug-likeness (QED) is 0.727. The highest BCUT2D eigenvalue weighted by molar-refractivity contribution is 5.97. The zero-order valence-corrected chi connectivity index (χ0v) is 15.6. The Balaban J connectivity index is 1.91. The molecule has 1 heterocycles. The van der Waals surface area contributed by atoms with Gasteiger partial charge in [0.2, 0.25) is 0 Å². The third-order valence-corrected chi connectivity index (χ3v) is 4.47. The average Bonchev–Trinajstić information content (AvgIpc) is 2.70. The van der Waals surface area contributed by atoms with Gasteiger partial charge in [-0.15, -0.1) is 0 Å². The Hall–Kier alpha value is -3.28. The van der Waals surface area contributed by atoms with Crippen LogP contribution in [-0.4, -0.2) is 36.6 Å². The van der Waals surface area contributed by atoms with Gasteiger partial charge in [0.25, 0.3) is 11.5 Å². The van der Waals surface area contributed by atoms with Crippen LogP contribution in [0.3, 0.4) is 0 Å². The number of nitrogens with zero attached hydrogens (tertiary/aromatic N) is 1. The van der Waals surface area contributed by atoms with Gasteiger partial charge in [0.05, 0.1) is 14.2 Å². The van der Waals surface area contributed by atoms with E-state index in [1.165, 1.54) is 0 Å². The van der Waals surface area contributed by atoms with E-state index in [-0.39, 0.29) is 17.0 Å². The Bertz CT molecular complexity index is 1030. The molecule has 140 valence electrons. The molecule has 0 saturated heterocycles. The fourth-order valence-electron chi connectivity index (χ4n) is 3.00. The van der Waals surface area contributed by atoms with E-state index in [1.807, 2.05) is 43.3 Å². The number of para-hydroxylation sites is 1. The summed E-state index contributed by atoms with van der Waals surface area (Å²) in [5.74, 6) is 0.919. The largest absolute Gasteiger partial charge is 0.493 e. The Kier molecular flexibility index (Phi) is 5.45. The highest BCUT2D eigenvalue weighted by Crippen LogP contribution is 2.28. The zero-order valence-electron chi connectivity index (χ0n) is 15.6. The van der Waals surface area contributed by atoms with Gasteiger partial charge in [-0.25, -0.2) is 0 Å². The second-order valence-electron chi connectivity index (χ2n) is 6.11. The van der Waals surface area contributed by atoms with E-state index in [0.29, 0.717) is 30.1 Å². The number of aromatic amines is 1. The summed E-state index contributed by atoms with van der Waals surface area (Å²) < 4.78 is 10.6. The van der Waals surface area contributed by atoms with Gasteiger partial charge < -0.3 is 19.4 Å². The molecule has 0 aliphatic rings. The number of ether oxygens (including phenoxy) is 2. The van der Waals surface area contributed by atoms with E-state index >= 15 is 0 Å². The van der Waals surface area contributed by atoms with Gasteiger partial charge in [-0.05, 0) is 42.1 Å². The van der Waals surface area contributed by atoms with Crippen LogP contribution < -0.4 is 15.0 Å². The van der Waals surface area contributed by atoms with Gasteiger partial charge >= 0.3 is 0 Å². The second-order valence-corrected chi connectivity index (χ2v) is 6.11. The van der Waals surface area contributed by atoms with Crippen LogP contribution in [0.4, 0.5) is 0 Å². The third-order valence-electron chi connectivity index (χ3n) is 4.47. The topological polar surface area (TPSA) is 71.6 Å². The van der Waals surface area contributed by atoms with Crippen LogP contribution in [0.15, 0.2) is 53.3 Å². The summed E-state index contributed by atoms with van der Waals surface area (Å²) in [6.07, 6.45) is 0. The van der Waals surface area contributed by atoms with Crippen molar-refractivity contribution in [1.29, 1.82) is 0 Å². The van der Waals surface area contributed by atoms with Crippen LogP contribution in [0.25, 0.3) is 10.9 Å². The number of carbonyl (C=O) groups is 1. The number of amides is 1. The molecule has 0 bridgehead atoms. The molecule has 1 amide bonds. The highest BCUT2D eigenvalue weighted by Gasteiger charge is 2.19. The van der Waals surface area contributed by atoms with Crippen molar-refractivity contribution in [1.82, 2.24) is 9.88 Å². The average molecular weight is 366 g/mol. The number of methoxy groups -OCH3 is 2. The van der Waals surface area contributed by atoms with Crippen molar-refractivity contribution in [3.8, 4) is 11.5 Å². The summed E-state index contributed by atoms with van der Waals surface area (Å²) in [5, 5.41) is 0.822. The van der Waals surface area contributed by atoms with Crippen LogP contribution in [0, 0.1) is 0 Å². The van der Waals surface area contributed by atoms with Gasteiger partial charge in [-0.1, -0.05) is 24.3 Å². The second kappa shape index (κ2) is 7.95. The normalized spacial score (nSPS) is 10.6. The molecule has 3 aromatic rings. The molecule has 2 aromatic carbocycles. The Labute approximate surface area is 157 Å². The summed E-state index contributed by atoms with van der Waals surface area (Å²) in [6.45, 7) is 2.72. The predicted molar refractivity (Wildman–Crippen MR) is 105 cm³/mol. The summed E-state index contributed by atoms with van der Waals surface area (Å²) in [7, 11) is 3.14. The van der Waals surface area contributed by atoms with Crippen LogP contribution in [0.1, 0.15) is 22.8 Å². The first-order valence-corrected chi connectivity index (χ1v) is 8.69. The van der Waals surface area contributed by atoms with E-state index in [4.69, 9.17) is 9.47 Å². The van der Waals surface area contributed by atoms with Gasteiger partial charge in [-0.3, -0.25) is 9.59 Å². The maximum Gasteiger partial charge on any atom is 0.261 e. The number of hydrogen-bond acceptors (Lipinski definition) is 4. The van der Waals surface area contributed by atoms with Gasteiger partial charge in [0.15, 0.2) is 11.5 Å². The molecule has 0 spiro atoms. The fraction of sp³-hybridized carbons (Fsp3) is 0.238. The lowest BCUT2D eigenvalue weighted by atomic mass is 10.1. The van der Waals surface area contributed by atoms with Crippen molar-refractivity contribution in [3.63, 3.8) is 0 Å². The van der Waals surface area contributed by atoms with Crippen molar-refractivity contribution >= 4 is 16.8 Å². The number of pyridine rings is 1. The maximum atomic E-state index is 13.0. The van der Waals surface area contributed by atoms with Crippen molar-refractivity contribution in [2.45, 2.75) is 13.5 Å². The zero-order chi connectivity index (χ0) is 19.4. The number of H-pyrrole nitrogens is 1. The molecule has 6 nitrogen and oxygen atoms in total. The molecule has 1 aromatic heterocycles. The molecule has 6 heteroatoms. The van der Waals surface area contributed by atoms with Crippen molar-refractivity contribution in [2.24, 2.45) is 0 Å². The minimum absolute atomic E-state index is 0.135. The van der Waals surface area contributed by atoms with Crippen molar-refractivity contribution in [2.75, 3.05) is 20.8 Å². The van der Waals surface area contributed by atoms with Crippen LogP contribution in [0.5, 0.6) is 11.5 Å². The van der Waals surface area contributed by atoms with E-state index in [2.05, 4.69) is 4.98 Å². The van der Waals surface area contributed by atoms with Crippen molar-refractivity contribution < 1.29 is 14.3 Å². The third kappa shape index (κ3) is 3.79. The first-order valence-electron chi connectivity index (χ1n) is 8.69. The first kappa shape index (κ1) is 18.5. The van der Waals surface area contributed by atoms with Crippen molar-refractivity contribution in [3.05, 3.63) is 70.0 Å². The van der Waals surface area contributed by atoms with Gasteiger partial charge in [0.1, 0.15) is 5.56 Å². The fourth-order valence-corrected chi connectivity index (χ4v) is 3.00. The molecule has 0 atom stereocenters. The Morgan fingerprint density at radius 2 is 1.78 bits per heavy atom. The molecule has 0 unspecified atom stereocenters. The molecule has 0 saturated carbocycles. The minimum Gasteiger partial charge on any atom is -0.493 e. The monoisotopic (exact) mass is 366 g/mol. The molecule has 3 rings (SSSR count). The molecule has 0 radical (unpaired) electrons. The highest BCUT2D eigenvalue weighted by atomic mass is 16.5. The molecule has 1 N–H and O–H groups in total. The summed E-state index contributed by atoms with van der Waals surface area (Å²) in [5.41, 5.74) is 1.35. The van der Waals surface area contributed by atoms with E-state index in [1.54, 1.807) is 31.3 Å². The molecular formula is C21H22N2O4. The van der Waals surface area contributed by atoms with Crippen LogP contribution >= 0.6 is 0 Å². The molecule has 27 heavy (non-hydrogen) atoms. The van der Waals surface area contributed by atoms with Crippen LogP contribution in [-0.2, 0) is 6.54 Å². The predicted octanol–water partition coefficient (Wildman–Crippen LogP) is 3.21. The van der Waals surface area contributed by atoms with Gasteiger partial charge in [-0.2, -0.15) is 0 Å². The van der Waals surface area contributed by atoms with Crippen LogP contribution in [0.2, 0.25) is 0 Å². The number of carbonyl (C=O) groups excluding carboxylic acids is 1. The standard InChI is InChI=1S/C21H22N2O4/c1-4-23(13-14-9-10-18(26-2)19(11-14)27-3)21(25)16-12-15-7-5-6-8-17(15)22-20(16)24/h5-12H,4,13H2,1-3H3,(H,22,24). The summed E-state index contributed by atoms with van der Waals surface area (Å²) >= 11 is 0. The SMILES string of the molecule is CCN(Cc1ccc(OC)c(OC)c1)C(=O)c1cc2ccccc2[nH]c1=O. The number of hydrogen-bond donors (Lipinski definition) is 1. The lowest BCUT2D eigenvalue weighted by Gasteiger charge is -2.21. The number of nitrogens with one attached hydrogen (secondary N) is 1. The summed E-state index contributed by atoms with van der Waals surface area (Å²) in [4.78, 5) is 29.8. The minimum atomic E-state index is -0.385. The maximum absolute atomic E-state index is 13.0. The lowest BCUT2D eigenvalue weighted by Crippen LogP contribution is -2.34. The van der Waals surface area contributed by atoms with Gasteiger partial charge in [0, 0.05) is 18.6 Å². The number of aromatic nitrogens is 1. The van der Waals surface area contributed by atoms with E-state index < -0.39 is 0 Å². The molecule has 0 aliphatic carbocycles. The lowest BCUT2D eigenvalue weighted by molar-refractivity contribution is 0.0751. The Morgan fingerprint density at radius 3 is 2.48 bits per heavy atom. The number of benzene rings is 2. The molecule has 0 fully saturated rings. The number of fused-ring (bicyclic) bond motifs is 1. The number of rotatable bonds is 6. The first-order chi connectivity index (χ1) is 13.1. The molecule has 0 aliphatic heterocycles. The summed E-state index contributed by atoms with van der Waals surface area (Å²) in [6, 6.07) is 14.6.